The fraction of sp³-hybridized carbons (Fsp3) is 0.273. The molecule has 0 heterocycles. The first kappa shape index (κ1) is 11.2. The van der Waals surface area contributed by atoms with Crippen LogP contribution in [-0.2, 0) is 11.3 Å². The van der Waals surface area contributed by atoms with E-state index in [0.29, 0.717) is 17.9 Å². The van der Waals surface area contributed by atoms with Gasteiger partial charge in [0, 0.05) is 0 Å². The Hall–Kier alpha value is -1.84. The van der Waals surface area contributed by atoms with E-state index in [2.05, 4.69) is 9.73 Å². The van der Waals surface area contributed by atoms with E-state index in [4.69, 9.17) is 5.73 Å². The molecule has 0 unspecified atom stereocenters. The fourth-order valence-electron chi connectivity index (χ4n) is 1.08. The van der Waals surface area contributed by atoms with E-state index in [9.17, 15) is 4.79 Å². The van der Waals surface area contributed by atoms with Crippen molar-refractivity contribution in [2.24, 2.45) is 10.7 Å². The summed E-state index contributed by atoms with van der Waals surface area (Å²) in [6.07, 6.45) is 0. The summed E-state index contributed by atoms with van der Waals surface area (Å²) in [6.45, 7) is 2.27. The highest BCUT2D eigenvalue weighted by Gasteiger charge is 2.03. The van der Waals surface area contributed by atoms with Gasteiger partial charge in [0.25, 0.3) is 0 Å². The molecule has 0 saturated heterocycles. The third kappa shape index (κ3) is 3.42. The Balaban J connectivity index is 2.72. The number of hydrogen-bond donors (Lipinski definition) is 1. The summed E-state index contributed by atoms with van der Waals surface area (Å²) in [7, 11) is 1.36. The number of rotatable bonds is 3. The molecular weight excluding hydrogens is 192 g/mol. The zero-order valence-corrected chi connectivity index (χ0v) is 8.86. The van der Waals surface area contributed by atoms with Gasteiger partial charge >= 0.3 is 5.97 Å². The van der Waals surface area contributed by atoms with Crippen molar-refractivity contribution in [3.05, 3.63) is 35.4 Å². The molecule has 0 radical (unpaired) electrons. The minimum atomic E-state index is -0.333. The van der Waals surface area contributed by atoms with Gasteiger partial charge in [-0.05, 0) is 24.6 Å². The first-order valence-corrected chi connectivity index (χ1v) is 4.57. The van der Waals surface area contributed by atoms with E-state index in [-0.39, 0.29) is 5.97 Å². The summed E-state index contributed by atoms with van der Waals surface area (Å²) >= 11 is 0. The van der Waals surface area contributed by atoms with Gasteiger partial charge in [-0.1, -0.05) is 12.1 Å². The van der Waals surface area contributed by atoms with Gasteiger partial charge in [-0.25, -0.2) is 4.79 Å². The summed E-state index contributed by atoms with van der Waals surface area (Å²) in [4.78, 5) is 15.2. The van der Waals surface area contributed by atoms with Crippen LogP contribution in [0, 0.1) is 0 Å². The number of carbonyl (C=O) groups excluding carboxylic acids is 1. The molecule has 0 bridgehead atoms. The minimum Gasteiger partial charge on any atom is -0.465 e. The van der Waals surface area contributed by atoms with Crippen molar-refractivity contribution in [1.29, 1.82) is 0 Å². The molecule has 0 amide bonds. The van der Waals surface area contributed by atoms with Gasteiger partial charge < -0.3 is 10.5 Å². The van der Waals surface area contributed by atoms with Crippen LogP contribution >= 0.6 is 0 Å². The number of ether oxygens (including phenoxy) is 1. The third-order valence-corrected chi connectivity index (χ3v) is 1.89. The van der Waals surface area contributed by atoms with Crippen LogP contribution in [0.5, 0.6) is 0 Å². The molecule has 0 atom stereocenters. The molecule has 0 aliphatic heterocycles. The standard InChI is InChI=1S/C11H14N2O2/c1-8(12)13-7-9-3-5-10(6-4-9)11(14)15-2/h3-6H,7H2,1-2H3,(H2,12,13). The smallest absolute Gasteiger partial charge is 0.337 e. The molecule has 0 spiro atoms. The van der Waals surface area contributed by atoms with Crippen LogP contribution < -0.4 is 5.73 Å². The number of hydrogen-bond acceptors (Lipinski definition) is 3. The van der Waals surface area contributed by atoms with Crippen molar-refractivity contribution < 1.29 is 9.53 Å². The Labute approximate surface area is 88.8 Å². The second kappa shape index (κ2) is 5.14. The van der Waals surface area contributed by atoms with Crippen molar-refractivity contribution >= 4 is 11.8 Å². The van der Waals surface area contributed by atoms with Crippen molar-refractivity contribution in [3.63, 3.8) is 0 Å². The minimum absolute atomic E-state index is 0.333. The summed E-state index contributed by atoms with van der Waals surface area (Å²) in [5.41, 5.74) is 6.96. The average molecular weight is 206 g/mol. The maximum Gasteiger partial charge on any atom is 0.337 e. The van der Waals surface area contributed by atoms with Gasteiger partial charge in [0.2, 0.25) is 0 Å². The second-order valence-electron chi connectivity index (χ2n) is 3.15. The summed E-state index contributed by atoms with van der Waals surface area (Å²) in [6, 6.07) is 7.09. The number of nitrogens with two attached hydrogens (primary N) is 1. The predicted octanol–water partition coefficient (Wildman–Crippen LogP) is 1.35. The van der Waals surface area contributed by atoms with Gasteiger partial charge in [0.1, 0.15) is 0 Å². The zero-order valence-electron chi connectivity index (χ0n) is 8.86. The molecular formula is C11H14N2O2. The second-order valence-corrected chi connectivity index (χ2v) is 3.15. The quantitative estimate of drug-likeness (QED) is 0.461. The van der Waals surface area contributed by atoms with Gasteiger partial charge in [-0.15, -0.1) is 0 Å². The molecule has 0 saturated carbocycles. The van der Waals surface area contributed by atoms with Crippen molar-refractivity contribution in [1.82, 2.24) is 0 Å². The maximum absolute atomic E-state index is 11.1. The highest BCUT2D eigenvalue weighted by Crippen LogP contribution is 2.06. The number of benzene rings is 1. The average Bonchev–Trinajstić information content (AvgIpc) is 2.26. The molecule has 4 nitrogen and oxygen atoms in total. The van der Waals surface area contributed by atoms with Gasteiger partial charge in [0.05, 0.1) is 25.1 Å². The van der Waals surface area contributed by atoms with Crippen LogP contribution in [-0.4, -0.2) is 18.9 Å². The van der Waals surface area contributed by atoms with Gasteiger partial charge in [-0.2, -0.15) is 0 Å². The first-order valence-electron chi connectivity index (χ1n) is 4.57. The molecule has 15 heavy (non-hydrogen) atoms. The van der Waals surface area contributed by atoms with Crippen LogP contribution in [0.1, 0.15) is 22.8 Å². The predicted molar refractivity (Wildman–Crippen MR) is 58.8 cm³/mol. The molecule has 1 aromatic rings. The Morgan fingerprint density at radius 2 is 2.00 bits per heavy atom. The topological polar surface area (TPSA) is 64.7 Å². The van der Waals surface area contributed by atoms with Gasteiger partial charge in [0.15, 0.2) is 0 Å². The Bertz CT molecular complexity index is 365. The number of methoxy groups -OCH3 is 1. The van der Waals surface area contributed by atoms with E-state index in [1.807, 2.05) is 12.1 Å². The van der Waals surface area contributed by atoms with Crippen molar-refractivity contribution in [2.75, 3.05) is 7.11 Å². The Kier molecular flexibility index (Phi) is 3.85. The lowest BCUT2D eigenvalue weighted by molar-refractivity contribution is 0.0600. The lowest BCUT2D eigenvalue weighted by Crippen LogP contribution is -2.05. The lowest BCUT2D eigenvalue weighted by atomic mass is 10.1. The molecule has 1 aromatic carbocycles. The van der Waals surface area contributed by atoms with E-state index in [0.717, 1.165) is 5.56 Å². The highest BCUT2D eigenvalue weighted by molar-refractivity contribution is 5.89. The number of amidine groups is 1. The summed E-state index contributed by atoms with van der Waals surface area (Å²) in [5.74, 6) is 0.215. The molecule has 80 valence electrons. The van der Waals surface area contributed by atoms with Crippen molar-refractivity contribution in [2.45, 2.75) is 13.5 Å². The molecule has 4 heteroatoms. The molecule has 0 fully saturated rings. The summed E-state index contributed by atoms with van der Waals surface area (Å²) in [5, 5.41) is 0. The lowest BCUT2D eigenvalue weighted by Gasteiger charge is -2.00. The van der Waals surface area contributed by atoms with E-state index in [1.165, 1.54) is 7.11 Å². The molecule has 0 aliphatic carbocycles. The molecule has 0 aromatic heterocycles. The SMILES string of the molecule is COC(=O)c1ccc(CN=C(C)N)cc1. The fourth-order valence-corrected chi connectivity index (χ4v) is 1.08. The van der Waals surface area contributed by atoms with Crippen LogP contribution in [0.2, 0.25) is 0 Å². The number of esters is 1. The first-order chi connectivity index (χ1) is 7.13. The van der Waals surface area contributed by atoms with Crippen LogP contribution in [0.4, 0.5) is 0 Å². The molecule has 0 aliphatic rings. The van der Waals surface area contributed by atoms with E-state index < -0.39 is 0 Å². The Morgan fingerprint density at radius 3 is 2.47 bits per heavy atom. The van der Waals surface area contributed by atoms with Crippen LogP contribution in [0.25, 0.3) is 0 Å². The zero-order chi connectivity index (χ0) is 11.3. The van der Waals surface area contributed by atoms with Crippen molar-refractivity contribution in [3.8, 4) is 0 Å². The monoisotopic (exact) mass is 206 g/mol. The van der Waals surface area contributed by atoms with E-state index >= 15 is 0 Å². The normalized spacial score (nSPS) is 11.2. The number of aliphatic imine (C=N–C) groups is 1. The molecule has 2 N–H and O–H groups in total. The number of nitrogens with zero attached hydrogens (tertiary/aromatic N) is 1. The highest BCUT2D eigenvalue weighted by atomic mass is 16.5. The largest absolute Gasteiger partial charge is 0.465 e. The third-order valence-electron chi connectivity index (χ3n) is 1.89. The van der Waals surface area contributed by atoms with Crippen LogP contribution in [0.15, 0.2) is 29.3 Å². The maximum atomic E-state index is 11.1. The van der Waals surface area contributed by atoms with Gasteiger partial charge in [-0.3, -0.25) is 4.99 Å². The van der Waals surface area contributed by atoms with Crippen LogP contribution in [0.3, 0.4) is 0 Å². The Morgan fingerprint density at radius 1 is 1.40 bits per heavy atom. The molecule has 1 rings (SSSR count). The number of carbonyl (C=O) groups is 1. The summed E-state index contributed by atoms with van der Waals surface area (Å²) < 4.78 is 4.59. The van der Waals surface area contributed by atoms with E-state index in [1.54, 1.807) is 19.1 Å².